The summed E-state index contributed by atoms with van der Waals surface area (Å²) in [6.07, 6.45) is 0. The number of aromatic nitrogens is 2. The van der Waals surface area contributed by atoms with Gasteiger partial charge in [0.05, 0.1) is 11.0 Å². The monoisotopic (exact) mass is 520 g/mol. The fourth-order valence-electron chi connectivity index (χ4n) is 5.89. The molecular formula is C36H28N2S. The number of benzene rings is 5. The molecule has 3 heteroatoms. The Morgan fingerprint density at radius 1 is 0.641 bits per heavy atom. The summed E-state index contributed by atoms with van der Waals surface area (Å²) >= 11 is 1.78. The van der Waals surface area contributed by atoms with Gasteiger partial charge in [0.2, 0.25) is 0 Å². The van der Waals surface area contributed by atoms with Gasteiger partial charge in [-0.25, -0.2) is 4.98 Å². The van der Waals surface area contributed by atoms with E-state index in [9.17, 15) is 0 Å². The van der Waals surface area contributed by atoms with Crippen molar-refractivity contribution in [3.63, 3.8) is 0 Å². The van der Waals surface area contributed by atoms with Gasteiger partial charge in [0, 0.05) is 26.7 Å². The van der Waals surface area contributed by atoms with E-state index in [1.165, 1.54) is 54.6 Å². The van der Waals surface area contributed by atoms with Gasteiger partial charge < -0.3 is 0 Å². The van der Waals surface area contributed by atoms with Crippen LogP contribution in [-0.2, 0) is 0 Å². The van der Waals surface area contributed by atoms with Gasteiger partial charge in [0.1, 0.15) is 5.82 Å². The Bertz CT molecular complexity index is 1950. The van der Waals surface area contributed by atoms with Gasteiger partial charge in [0.25, 0.3) is 0 Å². The van der Waals surface area contributed by atoms with Gasteiger partial charge in [-0.05, 0) is 90.6 Å². The predicted molar refractivity (Wildman–Crippen MR) is 167 cm³/mol. The van der Waals surface area contributed by atoms with Crippen molar-refractivity contribution in [2.24, 2.45) is 0 Å². The molecule has 0 saturated carbocycles. The van der Waals surface area contributed by atoms with E-state index in [0.717, 1.165) is 22.5 Å². The summed E-state index contributed by atoms with van der Waals surface area (Å²) in [7, 11) is 0. The lowest BCUT2D eigenvalue weighted by atomic mass is 9.93. The zero-order valence-electron chi connectivity index (χ0n) is 22.3. The van der Waals surface area contributed by atoms with Crippen LogP contribution in [0.15, 0.2) is 115 Å². The Morgan fingerprint density at radius 2 is 1.31 bits per heavy atom. The Morgan fingerprint density at radius 3 is 2.08 bits per heavy atom. The van der Waals surface area contributed by atoms with Crippen molar-refractivity contribution < 1.29 is 0 Å². The lowest BCUT2D eigenvalue weighted by molar-refractivity contribution is 1.11. The van der Waals surface area contributed by atoms with E-state index in [-0.39, 0.29) is 0 Å². The zero-order valence-corrected chi connectivity index (χ0v) is 23.1. The van der Waals surface area contributed by atoms with E-state index >= 15 is 0 Å². The van der Waals surface area contributed by atoms with Crippen molar-refractivity contribution in [2.45, 2.75) is 20.8 Å². The molecular weight excluding hydrogens is 492 g/mol. The van der Waals surface area contributed by atoms with Gasteiger partial charge in [-0.1, -0.05) is 78.4 Å². The zero-order chi connectivity index (χ0) is 26.5. The van der Waals surface area contributed by atoms with Crippen molar-refractivity contribution in [3.8, 4) is 39.3 Å². The number of imidazole rings is 1. The Hall–Kier alpha value is -4.47. The number of hydrogen-bond donors (Lipinski definition) is 0. The molecule has 0 atom stereocenters. The molecule has 0 aliphatic rings. The third-order valence-electron chi connectivity index (χ3n) is 7.57. The average Bonchev–Trinajstić information content (AvgIpc) is 3.54. The molecule has 2 heterocycles. The van der Waals surface area contributed by atoms with E-state index in [2.05, 4.69) is 140 Å². The summed E-state index contributed by atoms with van der Waals surface area (Å²) in [6, 6.07) is 39.2. The Kier molecular flexibility index (Phi) is 5.68. The summed E-state index contributed by atoms with van der Waals surface area (Å²) in [5.74, 6) is 0.976. The van der Waals surface area contributed by atoms with Crippen LogP contribution in [0.2, 0.25) is 0 Å². The van der Waals surface area contributed by atoms with E-state index < -0.39 is 0 Å². The number of rotatable bonds is 4. The minimum absolute atomic E-state index is 0.976. The minimum Gasteiger partial charge on any atom is -0.292 e. The van der Waals surface area contributed by atoms with Gasteiger partial charge in [-0.3, -0.25) is 4.57 Å². The second kappa shape index (κ2) is 9.37. The first-order chi connectivity index (χ1) is 19.1. The molecule has 0 saturated heterocycles. The maximum Gasteiger partial charge on any atom is 0.147 e. The van der Waals surface area contributed by atoms with Crippen molar-refractivity contribution in [1.29, 1.82) is 0 Å². The SMILES string of the molecule is Cc1cc(C)c(-c2ccc3scc(-c4nc5ccccc5n4-c4ccc(-c5ccccc5)cc4)c3c2)c(C)c1. The summed E-state index contributed by atoms with van der Waals surface area (Å²) in [5, 5.41) is 3.51. The summed E-state index contributed by atoms with van der Waals surface area (Å²) in [5.41, 5.74) is 13.3. The van der Waals surface area contributed by atoms with E-state index in [4.69, 9.17) is 4.98 Å². The molecule has 0 amide bonds. The van der Waals surface area contributed by atoms with E-state index in [1.54, 1.807) is 11.3 Å². The molecule has 0 aliphatic carbocycles. The Balaban J connectivity index is 1.41. The lowest BCUT2D eigenvalue weighted by Gasteiger charge is -2.13. The van der Waals surface area contributed by atoms with Crippen LogP contribution < -0.4 is 0 Å². The molecule has 2 nitrogen and oxygen atoms in total. The van der Waals surface area contributed by atoms with Gasteiger partial charge >= 0.3 is 0 Å². The van der Waals surface area contributed by atoms with Crippen LogP contribution in [0.3, 0.4) is 0 Å². The molecule has 0 radical (unpaired) electrons. The van der Waals surface area contributed by atoms with Crippen LogP contribution in [0, 0.1) is 20.8 Å². The van der Waals surface area contributed by atoms with Gasteiger partial charge in [-0.2, -0.15) is 0 Å². The third-order valence-corrected chi connectivity index (χ3v) is 8.54. The van der Waals surface area contributed by atoms with Crippen LogP contribution >= 0.6 is 11.3 Å². The largest absolute Gasteiger partial charge is 0.292 e. The number of hydrogen-bond acceptors (Lipinski definition) is 2. The first-order valence-corrected chi connectivity index (χ1v) is 14.2. The highest BCUT2D eigenvalue weighted by atomic mass is 32.1. The maximum absolute atomic E-state index is 5.18. The minimum atomic E-state index is 0.976. The fourth-order valence-corrected chi connectivity index (χ4v) is 6.81. The van der Waals surface area contributed by atoms with Crippen LogP contribution in [0.5, 0.6) is 0 Å². The van der Waals surface area contributed by atoms with Gasteiger partial charge in [-0.15, -0.1) is 11.3 Å². The van der Waals surface area contributed by atoms with Crippen LogP contribution in [-0.4, -0.2) is 9.55 Å². The van der Waals surface area contributed by atoms with E-state index in [1.807, 2.05) is 0 Å². The molecule has 0 bridgehead atoms. The molecule has 7 rings (SSSR count). The molecule has 7 aromatic rings. The molecule has 39 heavy (non-hydrogen) atoms. The van der Waals surface area contributed by atoms with Crippen molar-refractivity contribution in [3.05, 3.63) is 131 Å². The second-order valence-electron chi connectivity index (χ2n) is 10.3. The van der Waals surface area contributed by atoms with Gasteiger partial charge in [0.15, 0.2) is 0 Å². The lowest BCUT2D eigenvalue weighted by Crippen LogP contribution is -1.97. The van der Waals surface area contributed by atoms with Crippen LogP contribution in [0.1, 0.15) is 16.7 Å². The first-order valence-electron chi connectivity index (χ1n) is 13.3. The second-order valence-corrected chi connectivity index (χ2v) is 11.2. The van der Waals surface area contributed by atoms with E-state index in [0.29, 0.717) is 0 Å². The third kappa shape index (κ3) is 4.07. The normalized spacial score (nSPS) is 11.5. The summed E-state index contributed by atoms with van der Waals surface area (Å²) in [4.78, 5) is 5.18. The molecule has 0 N–H and O–H groups in total. The summed E-state index contributed by atoms with van der Waals surface area (Å²) < 4.78 is 3.58. The number of thiophene rings is 1. The molecule has 0 fully saturated rings. The van der Waals surface area contributed by atoms with Crippen molar-refractivity contribution >= 4 is 32.5 Å². The fraction of sp³-hybridized carbons (Fsp3) is 0.0833. The summed E-state index contributed by atoms with van der Waals surface area (Å²) in [6.45, 7) is 6.60. The molecule has 5 aromatic carbocycles. The Labute approximate surface area is 232 Å². The number of nitrogens with zero attached hydrogens (tertiary/aromatic N) is 2. The highest BCUT2D eigenvalue weighted by Crippen LogP contribution is 2.40. The highest BCUT2D eigenvalue weighted by Gasteiger charge is 2.18. The smallest absolute Gasteiger partial charge is 0.147 e. The van der Waals surface area contributed by atoms with Crippen molar-refractivity contribution in [1.82, 2.24) is 9.55 Å². The standard InChI is InChI=1S/C36H28N2S/c1-23-19-24(2)35(25(3)20-23)28-15-18-34-30(21-28)31(22-39-34)36-37-32-11-7-8-12-33(32)38(36)29-16-13-27(14-17-29)26-9-5-4-6-10-26/h4-22H,1-3H3. The van der Waals surface area contributed by atoms with Crippen LogP contribution in [0.4, 0.5) is 0 Å². The highest BCUT2D eigenvalue weighted by molar-refractivity contribution is 7.17. The molecule has 0 aliphatic heterocycles. The topological polar surface area (TPSA) is 17.8 Å². The maximum atomic E-state index is 5.18. The average molecular weight is 521 g/mol. The number of aryl methyl sites for hydroxylation is 3. The molecule has 188 valence electrons. The molecule has 0 spiro atoms. The predicted octanol–water partition coefficient (Wildman–Crippen LogP) is 10.2. The first kappa shape index (κ1) is 23.6. The number of para-hydroxylation sites is 2. The van der Waals surface area contributed by atoms with Crippen LogP contribution in [0.25, 0.3) is 60.4 Å². The number of fused-ring (bicyclic) bond motifs is 2. The van der Waals surface area contributed by atoms with Crippen molar-refractivity contribution in [2.75, 3.05) is 0 Å². The molecule has 2 aromatic heterocycles. The molecule has 0 unspecified atom stereocenters. The quantitative estimate of drug-likeness (QED) is 0.226.